The van der Waals surface area contributed by atoms with Gasteiger partial charge in [0.1, 0.15) is 17.0 Å². The van der Waals surface area contributed by atoms with Gasteiger partial charge >= 0.3 is 0 Å². The molecule has 0 bridgehead atoms. The molecule has 2 N–H and O–H groups in total. The van der Waals surface area contributed by atoms with E-state index in [0.717, 1.165) is 19.1 Å². The van der Waals surface area contributed by atoms with E-state index in [4.69, 9.17) is 4.42 Å². The molecule has 1 heterocycles. The standard InChI is InChI=1S/C22H16I2N2O3/c1-2-12-3-6-20-18(7-12)26-22(29-20)16-10-15(4-5-19(16)27)25-11-13-8-14(23)9-17(24)21(13)28/h3-11,27-28H,2H2,1H3. The minimum atomic E-state index is 0.0675. The number of aromatic hydroxyl groups is 2. The van der Waals surface area contributed by atoms with Gasteiger partial charge < -0.3 is 14.6 Å². The number of aryl methyl sites for hydroxylation is 1. The highest BCUT2D eigenvalue weighted by atomic mass is 127. The fourth-order valence-electron chi connectivity index (χ4n) is 2.91. The second-order valence-corrected chi connectivity index (χ2v) is 8.87. The zero-order valence-corrected chi connectivity index (χ0v) is 19.7. The average Bonchev–Trinajstić information content (AvgIpc) is 3.13. The van der Waals surface area contributed by atoms with Crippen molar-refractivity contribution in [2.75, 3.05) is 0 Å². The highest BCUT2D eigenvalue weighted by Crippen LogP contribution is 2.34. The van der Waals surface area contributed by atoms with Crippen molar-refractivity contribution >= 4 is 68.2 Å². The fourth-order valence-corrected chi connectivity index (χ4v) is 4.80. The van der Waals surface area contributed by atoms with E-state index in [0.29, 0.717) is 28.3 Å². The first-order valence-electron chi connectivity index (χ1n) is 8.89. The third-order valence-electron chi connectivity index (χ3n) is 4.48. The van der Waals surface area contributed by atoms with Gasteiger partial charge in [0, 0.05) is 15.3 Å². The summed E-state index contributed by atoms with van der Waals surface area (Å²) in [7, 11) is 0. The number of hydrogen-bond acceptors (Lipinski definition) is 5. The van der Waals surface area contributed by atoms with Crippen LogP contribution in [0.2, 0.25) is 0 Å². The van der Waals surface area contributed by atoms with Gasteiger partial charge in [0.25, 0.3) is 0 Å². The molecule has 3 aromatic carbocycles. The molecule has 1 aromatic heterocycles. The van der Waals surface area contributed by atoms with Crippen molar-refractivity contribution in [3.63, 3.8) is 0 Å². The molecule has 4 aromatic rings. The second kappa shape index (κ2) is 8.31. The van der Waals surface area contributed by atoms with Gasteiger partial charge in [-0.3, -0.25) is 4.99 Å². The Kier molecular flexibility index (Phi) is 5.77. The summed E-state index contributed by atoms with van der Waals surface area (Å²) in [5.41, 5.74) is 4.31. The number of aliphatic imine (C=N–C) groups is 1. The summed E-state index contributed by atoms with van der Waals surface area (Å²) in [4.78, 5) is 8.98. The van der Waals surface area contributed by atoms with Crippen LogP contribution in [0.25, 0.3) is 22.6 Å². The molecule has 0 radical (unpaired) electrons. The van der Waals surface area contributed by atoms with E-state index < -0.39 is 0 Å². The van der Waals surface area contributed by atoms with Crippen molar-refractivity contribution in [1.82, 2.24) is 4.98 Å². The van der Waals surface area contributed by atoms with E-state index in [1.807, 2.05) is 30.3 Å². The molecule has 0 atom stereocenters. The van der Waals surface area contributed by atoms with Crippen molar-refractivity contribution in [3.8, 4) is 23.0 Å². The molecule has 0 aliphatic carbocycles. The van der Waals surface area contributed by atoms with Crippen molar-refractivity contribution in [3.05, 3.63) is 66.8 Å². The Hall–Kier alpha value is -2.14. The summed E-state index contributed by atoms with van der Waals surface area (Å²) >= 11 is 4.29. The van der Waals surface area contributed by atoms with Crippen LogP contribution in [0.4, 0.5) is 5.69 Å². The maximum Gasteiger partial charge on any atom is 0.231 e. The lowest BCUT2D eigenvalue weighted by Gasteiger charge is -2.04. The first-order chi connectivity index (χ1) is 13.9. The van der Waals surface area contributed by atoms with Gasteiger partial charge in [0.2, 0.25) is 5.89 Å². The lowest BCUT2D eigenvalue weighted by atomic mass is 10.1. The predicted octanol–water partition coefficient (Wildman–Crippen LogP) is 6.43. The number of nitrogens with zero attached hydrogens (tertiary/aromatic N) is 2. The van der Waals surface area contributed by atoms with Crippen LogP contribution >= 0.6 is 45.2 Å². The molecule has 0 saturated heterocycles. The summed E-state index contributed by atoms with van der Waals surface area (Å²) in [6.45, 7) is 2.09. The van der Waals surface area contributed by atoms with Gasteiger partial charge in [-0.15, -0.1) is 0 Å². The molecule has 0 aliphatic rings. The first kappa shape index (κ1) is 20.1. The van der Waals surface area contributed by atoms with Gasteiger partial charge in [-0.1, -0.05) is 13.0 Å². The van der Waals surface area contributed by atoms with Crippen molar-refractivity contribution < 1.29 is 14.6 Å². The van der Waals surface area contributed by atoms with Crippen LogP contribution in [0.1, 0.15) is 18.1 Å². The van der Waals surface area contributed by atoms with Gasteiger partial charge in [-0.2, -0.15) is 0 Å². The first-order valence-corrected chi connectivity index (χ1v) is 11.1. The number of halogens is 2. The van der Waals surface area contributed by atoms with E-state index in [9.17, 15) is 10.2 Å². The molecule has 0 spiro atoms. The molecule has 0 aliphatic heterocycles. The highest BCUT2D eigenvalue weighted by Gasteiger charge is 2.13. The van der Waals surface area contributed by atoms with Crippen LogP contribution in [-0.2, 0) is 6.42 Å². The van der Waals surface area contributed by atoms with Gasteiger partial charge in [-0.05, 0) is 99.6 Å². The number of fused-ring (bicyclic) bond motifs is 1. The predicted molar refractivity (Wildman–Crippen MR) is 131 cm³/mol. The van der Waals surface area contributed by atoms with Crippen LogP contribution in [0.15, 0.2) is 57.9 Å². The Morgan fingerprint density at radius 3 is 2.69 bits per heavy atom. The summed E-state index contributed by atoms with van der Waals surface area (Å²) in [5, 5.41) is 20.6. The Morgan fingerprint density at radius 2 is 1.90 bits per heavy atom. The number of hydrogen-bond donors (Lipinski definition) is 2. The van der Waals surface area contributed by atoms with Crippen LogP contribution in [0.5, 0.6) is 11.5 Å². The van der Waals surface area contributed by atoms with E-state index in [-0.39, 0.29) is 11.5 Å². The quantitative estimate of drug-likeness (QED) is 0.206. The third-order valence-corrected chi connectivity index (χ3v) is 5.93. The molecule has 0 saturated carbocycles. The maximum atomic E-state index is 10.3. The van der Waals surface area contributed by atoms with Crippen LogP contribution in [0, 0.1) is 7.14 Å². The van der Waals surface area contributed by atoms with E-state index in [1.54, 1.807) is 24.4 Å². The van der Waals surface area contributed by atoms with E-state index in [2.05, 4.69) is 62.1 Å². The van der Waals surface area contributed by atoms with Crippen LogP contribution < -0.4 is 0 Å². The molecule has 146 valence electrons. The monoisotopic (exact) mass is 610 g/mol. The third kappa shape index (κ3) is 4.25. The van der Waals surface area contributed by atoms with Gasteiger partial charge in [0.15, 0.2) is 5.58 Å². The van der Waals surface area contributed by atoms with Crippen molar-refractivity contribution in [2.45, 2.75) is 13.3 Å². The Morgan fingerprint density at radius 1 is 1.07 bits per heavy atom. The summed E-state index contributed by atoms with van der Waals surface area (Å²) < 4.78 is 7.61. The molecular weight excluding hydrogens is 594 g/mol. The lowest BCUT2D eigenvalue weighted by Crippen LogP contribution is -1.88. The number of phenolic OH excluding ortho intramolecular Hbond substituents is 2. The molecule has 4 rings (SSSR count). The largest absolute Gasteiger partial charge is 0.507 e. The van der Waals surface area contributed by atoms with E-state index >= 15 is 0 Å². The SMILES string of the molecule is CCc1ccc2oc(-c3cc(N=Cc4cc(I)cc(I)c4O)ccc3O)nc2c1. The van der Waals surface area contributed by atoms with E-state index in [1.165, 1.54) is 5.56 Å². The Bertz CT molecular complexity index is 1250. The molecular formula is C22H16I2N2O3. The maximum absolute atomic E-state index is 10.3. The highest BCUT2D eigenvalue weighted by molar-refractivity contribution is 14.1. The Labute approximate surface area is 194 Å². The van der Waals surface area contributed by atoms with Gasteiger partial charge in [-0.25, -0.2) is 4.98 Å². The van der Waals surface area contributed by atoms with Crippen LogP contribution in [-0.4, -0.2) is 21.4 Å². The number of rotatable bonds is 4. The molecule has 0 amide bonds. The van der Waals surface area contributed by atoms with Crippen LogP contribution in [0.3, 0.4) is 0 Å². The minimum Gasteiger partial charge on any atom is -0.507 e. The number of phenols is 2. The topological polar surface area (TPSA) is 78.9 Å². The molecule has 0 fully saturated rings. The van der Waals surface area contributed by atoms with Crippen molar-refractivity contribution in [2.24, 2.45) is 4.99 Å². The second-order valence-electron chi connectivity index (χ2n) is 6.46. The fraction of sp³-hybridized carbons (Fsp3) is 0.0909. The summed E-state index contributed by atoms with van der Waals surface area (Å²) in [6, 6.07) is 14.6. The number of aromatic nitrogens is 1. The zero-order valence-electron chi connectivity index (χ0n) is 15.4. The molecule has 5 nitrogen and oxygen atoms in total. The lowest BCUT2D eigenvalue weighted by molar-refractivity contribution is 0.470. The zero-order chi connectivity index (χ0) is 20.5. The smallest absolute Gasteiger partial charge is 0.231 e. The molecule has 29 heavy (non-hydrogen) atoms. The average molecular weight is 610 g/mol. The minimum absolute atomic E-state index is 0.0675. The molecule has 7 heteroatoms. The van der Waals surface area contributed by atoms with Crippen molar-refractivity contribution in [1.29, 1.82) is 0 Å². The normalized spacial score (nSPS) is 11.6. The number of oxazole rings is 1. The summed E-state index contributed by atoms with van der Waals surface area (Å²) in [5.74, 6) is 0.604. The Balaban J connectivity index is 1.71. The summed E-state index contributed by atoms with van der Waals surface area (Å²) in [6.07, 6.45) is 2.52. The van der Waals surface area contributed by atoms with Gasteiger partial charge in [0.05, 0.1) is 14.8 Å². The number of benzene rings is 3. The molecule has 0 unspecified atom stereocenters.